The minimum absolute atomic E-state index is 0.102. The van der Waals surface area contributed by atoms with E-state index in [1.165, 1.54) is 6.92 Å². The van der Waals surface area contributed by atoms with E-state index in [2.05, 4.69) is 0 Å². The molecule has 0 aliphatic rings. The highest BCUT2D eigenvalue weighted by Gasteiger charge is 2.19. The van der Waals surface area contributed by atoms with Gasteiger partial charge in [0.05, 0.1) is 0 Å². The number of esters is 1. The number of ether oxygens (including phenoxy) is 1. The van der Waals surface area contributed by atoms with Crippen molar-refractivity contribution in [1.82, 2.24) is 0 Å². The van der Waals surface area contributed by atoms with Crippen LogP contribution in [-0.4, -0.2) is 5.97 Å². The van der Waals surface area contributed by atoms with Gasteiger partial charge in [-0.3, -0.25) is 4.79 Å². The molecule has 1 aromatic rings. The van der Waals surface area contributed by atoms with E-state index in [0.717, 1.165) is 12.8 Å². The molecular weight excluding hydrogens is 245 g/mol. The highest BCUT2D eigenvalue weighted by atomic mass is 19.2. The number of hydrogen-bond acceptors (Lipinski definition) is 2. The molecule has 0 atom stereocenters. The normalized spacial score (nSPS) is 10.5. The fourth-order valence-corrected chi connectivity index (χ4v) is 1.47. The van der Waals surface area contributed by atoms with E-state index < -0.39 is 29.2 Å². The number of hydrogen-bond donors (Lipinski definition) is 0. The summed E-state index contributed by atoms with van der Waals surface area (Å²) in [5, 5.41) is 0. The lowest BCUT2D eigenvalue weighted by molar-refractivity contribution is -0.134. The van der Waals surface area contributed by atoms with Gasteiger partial charge < -0.3 is 4.74 Å². The lowest BCUT2D eigenvalue weighted by Gasteiger charge is -2.09. The maximum atomic E-state index is 13.4. The second-order valence-electron chi connectivity index (χ2n) is 4.04. The Bertz CT molecular complexity index is 418. The lowest BCUT2D eigenvalue weighted by Crippen LogP contribution is -2.11. The van der Waals surface area contributed by atoms with Gasteiger partial charge in [0.25, 0.3) is 0 Å². The molecule has 0 radical (unpaired) electrons. The summed E-state index contributed by atoms with van der Waals surface area (Å²) < 4.78 is 44.2. The van der Waals surface area contributed by atoms with Crippen LogP contribution in [0.5, 0.6) is 5.75 Å². The second-order valence-corrected chi connectivity index (χ2v) is 4.04. The molecule has 0 aliphatic carbocycles. The van der Waals surface area contributed by atoms with Crippen molar-refractivity contribution in [3.8, 4) is 5.75 Å². The van der Waals surface area contributed by atoms with Crippen molar-refractivity contribution >= 4 is 5.97 Å². The highest BCUT2D eigenvalue weighted by Crippen LogP contribution is 2.27. The number of halogens is 3. The molecule has 0 fully saturated rings. The molecule has 0 saturated carbocycles. The standard InChI is InChI=1S/C13H15F3O2/c1-3-4-5-6-11(17)18-13-8(2)9(14)7-10(15)12(13)16/h7H,3-6H2,1-2H3. The van der Waals surface area contributed by atoms with E-state index in [9.17, 15) is 18.0 Å². The average molecular weight is 260 g/mol. The zero-order valence-corrected chi connectivity index (χ0v) is 10.4. The van der Waals surface area contributed by atoms with Crippen LogP contribution in [0.2, 0.25) is 0 Å². The van der Waals surface area contributed by atoms with Gasteiger partial charge in [-0.05, 0) is 13.3 Å². The van der Waals surface area contributed by atoms with Gasteiger partial charge in [-0.25, -0.2) is 8.78 Å². The number of benzene rings is 1. The molecule has 1 rings (SSSR count). The summed E-state index contributed by atoms with van der Waals surface area (Å²) in [6.07, 6.45) is 2.47. The smallest absolute Gasteiger partial charge is 0.311 e. The van der Waals surface area contributed by atoms with Gasteiger partial charge in [0.2, 0.25) is 5.82 Å². The predicted octanol–water partition coefficient (Wildman–Crippen LogP) is 3.90. The molecule has 100 valence electrons. The number of carbonyl (C=O) groups excluding carboxylic acids is 1. The first-order valence-corrected chi connectivity index (χ1v) is 5.82. The van der Waals surface area contributed by atoms with Gasteiger partial charge >= 0.3 is 5.97 Å². The molecule has 18 heavy (non-hydrogen) atoms. The third kappa shape index (κ3) is 3.48. The molecule has 0 heterocycles. The summed E-state index contributed by atoms with van der Waals surface area (Å²) in [5.74, 6) is -4.98. The van der Waals surface area contributed by atoms with Gasteiger partial charge in [0.15, 0.2) is 11.6 Å². The van der Waals surface area contributed by atoms with Gasteiger partial charge in [0, 0.05) is 18.1 Å². The van der Waals surface area contributed by atoms with Crippen molar-refractivity contribution < 1.29 is 22.7 Å². The van der Waals surface area contributed by atoms with Crippen LogP contribution >= 0.6 is 0 Å². The Labute approximate surface area is 104 Å². The Morgan fingerprint density at radius 2 is 1.89 bits per heavy atom. The van der Waals surface area contributed by atoms with Crippen LogP contribution in [0.1, 0.15) is 38.2 Å². The monoisotopic (exact) mass is 260 g/mol. The molecule has 0 aromatic heterocycles. The summed E-state index contributed by atoms with van der Waals surface area (Å²) in [5.41, 5.74) is -0.210. The molecule has 0 unspecified atom stereocenters. The second kappa shape index (κ2) is 6.42. The van der Waals surface area contributed by atoms with Crippen LogP contribution in [0.15, 0.2) is 6.07 Å². The number of unbranched alkanes of at least 4 members (excludes halogenated alkanes) is 2. The van der Waals surface area contributed by atoms with Crippen molar-refractivity contribution in [3.63, 3.8) is 0 Å². The van der Waals surface area contributed by atoms with Gasteiger partial charge in [-0.2, -0.15) is 4.39 Å². The van der Waals surface area contributed by atoms with Crippen LogP contribution < -0.4 is 4.74 Å². The van der Waals surface area contributed by atoms with Gasteiger partial charge in [-0.15, -0.1) is 0 Å². The molecule has 0 N–H and O–H groups in total. The molecule has 0 spiro atoms. The minimum Gasteiger partial charge on any atom is -0.423 e. The van der Waals surface area contributed by atoms with Crippen LogP contribution in [0.3, 0.4) is 0 Å². The predicted molar refractivity (Wildman–Crippen MR) is 60.8 cm³/mol. The van der Waals surface area contributed by atoms with E-state index in [1.807, 2.05) is 6.92 Å². The van der Waals surface area contributed by atoms with Crippen molar-refractivity contribution in [3.05, 3.63) is 29.1 Å². The quantitative estimate of drug-likeness (QED) is 0.347. The maximum absolute atomic E-state index is 13.4. The Balaban J connectivity index is 2.81. The highest BCUT2D eigenvalue weighted by molar-refractivity contribution is 5.72. The Hall–Kier alpha value is -1.52. The molecule has 0 bridgehead atoms. The summed E-state index contributed by atoms with van der Waals surface area (Å²) in [4.78, 5) is 11.4. The van der Waals surface area contributed by atoms with Gasteiger partial charge in [0.1, 0.15) is 5.82 Å². The first-order chi connectivity index (χ1) is 8.47. The Morgan fingerprint density at radius 1 is 1.22 bits per heavy atom. The van der Waals surface area contributed by atoms with E-state index in [1.54, 1.807) is 0 Å². The first kappa shape index (κ1) is 14.5. The number of rotatable bonds is 5. The first-order valence-electron chi connectivity index (χ1n) is 5.82. The molecule has 2 nitrogen and oxygen atoms in total. The van der Waals surface area contributed by atoms with E-state index in [0.29, 0.717) is 12.5 Å². The summed E-state index contributed by atoms with van der Waals surface area (Å²) >= 11 is 0. The zero-order valence-electron chi connectivity index (χ0n) is 10.4. The van der Waals surface area contributed by atoms with Crippen LogP contribution in [-0.2, 0) is 4.79 Å². The van der Waals surface area contributed by atoms with Crippen LogP contribution in [0, 0.1) is 24.4 Å². The maximum Gasteiger partial charge on any atom is 0.311 e. The van der Waals surface area contributed by atoms with Crippen LogP contribution in [0.4, 0.5) is 13.2 Å². The average Bonchev–Trinajstić information content (AvgIpc) is 2.32. The van der Waals surface area contributed by atoms with E-state index in [-0.39, 0.29) is 12.0 Å². The Morgan fingerprint density at radius 3 is 2.50 bits per heavy atom. The third-order valence-electron chi connectivity index (χ3n) is 2.56. The molecule has 0 aliphatic heterocycles. The molecule has 0 amide bonds. The zero-order chi connectivity index (χ0) is 13.7. The molecule has 5 heteroatoms. The summed E-state index contributed by atoms with van der Waals surface area (Å²) in [7, 11) is 0. The van der Waals surface area contributed by atoms with Gasteiger partial charge in [-0.1, -0.05) is 19.8 Å². The summed E-state index contributed by atoms with van der Waals surface area (Å²) in [6, 6.07) is 0.430. The third-order valence-corrected chi connectivity index (χ3v) is 2.56. The fourth-order valence-electron chi connectivity index (χ4n) is 1.47. The van der Waals surface area contributed by atoms with Crippen molar-refractivity contribution in [2.45, 2.75) is 39.5 Å². The minimum atomic E-state index is -1.37. The summed E-state index contributed by atoms with van der Waals surface area (Å²) in [6.45, 7) is 3.20. The molecule has 0 saturated heterocycles. The molecular formula is C13H15F3O2. The Kier molecular flexibility index (Phi) is 5.19. The lowest BCUT2D eigenvalue weighted by atomic mass is 10.2. The largest absolute Gasteiger partial charge is 0.423 e. The van der Waals surface area contributed by atoms with E-state index in [4.69, 9.17) is 4.74 Å². The van der Waals surface area contributed by atoms with E-state index >= 15 is 0 Å². The van der Waals surface area contributed by atoms with Crippen molar-refractivity contribution in [2.75, 3.05) is 0 Å². The fraction of sp³-hybridized carbons (Fsp3) is 0.462. The topological polar surface area (TPSA) is 26.3 Å². The van der Waals surface area contributed by atoms with Crippen LogP contribution in [0.25, 0.3) is 0 Å². The number of carbonyl (C=O) groups is 1. The SMILES string of the molecule is CCCCCC(=O)Oc1c(C)c(F)cc(F)c1F. The molecule has 1 aromatic carbocycles. The van der Waals surface area contributed by atoms with Crippen molar-refractivity contribution in [1.29, 1.82) is 0 Å². The van der Waals surface area contributed by atoms with Crippen molar-refractivity contribution in [2.24, 2.45) is 0 Å².